The van der Waals surface area contributed by atoms with Crippen molar-refractivity contribution in [1.29, 1.82) is 0 Å². The van der Waals surface area contributed by atoms with E-state index >= 15 is 0 Å². The van der Waals surface area contributed by atoms with Crippen molar-refractivity contribution in [1.82, 2.24) is 19.7 Å². The Morgan fingerprint density at radius 1 is 1.11 bits per heavy atom. The molecule has 0 bridgehead atoms. The van der Waals surface area contributed by atoms with Crippen LogP contribution in [0.1, 0.15) is 23.6 Å². The summed E-state index contributed by atoms with van der Waals surface area (Å²) >= 11 is 0. The number of aromatic nitrogens is 4. The molecule has 3 N–H and O–H groups in total. The summed E-state index contributed by atoms with van der Waals surface area (Å²) in [5, 5.41) is 14.9. The van der Waals surface area contributed by atoms with Gasteiger partial charge in [-0.15, -0.1) is 0 Å². The second-order valence-electron chi connectivity index (χ2n) is 7.08. The third-order valence-corrected chi connectivity index (χ3v) is 5.41. The van der Waals surface area contributed by atoms with Crippen LogP contribution in [0.2, 0.25) is 0 Å². The second kappa shape index (κ2) is 6.30. The number of hydrogen-bond donors (Lipinski definition) is 2. The van der Waals surface area contributed by atoms with Crippen molar-refractivity contribution < 1.29 is 9.50 Å². The fourth-order valence-corrected chi connectivity index (χ4v) is 3.99. The van der Waals surface area contributed by atoms with E-state index in [1.807, 2.05) is 10.7 Å². The fraction of sp³-hybridized carbons (Fsp3) is 0.190. The molecule has 0 aliphatic heterocycles. The van der Waals surface area contributed by atoms with Gasteiger partial charge in [0.15, 0.2) is 17.2 Å². The van der Waals surface area contributed by atoms with Crippen LogP contribution in [-0.4, -0.2) is 24.9 Å². The van der Waals surface area contributed by atoms with Gasteiger partial charge in [0.05, 0.1) is 11.4 Å². The molecular formula is C21H18FN5O. The number of hydrogen-bond acceptors (Lipinski definition) is 5. The predicted octanol–water partition coefficient (Wildman–Crippen LogP) is 3.65. The van der Waals surface area contributed by atoms with Gasteiger partial charge in [-0.2, -0.15) is 5.10 Å². The van der Waals surface area contributed by atoms with Gasteiger partial charge in [-0.3, -0.25) is 0 Å². The first-order valence-electron chi connectivity index (χ1n) is 9.16. The number of anilines is 1. The van der Waals surface area contributed by atoms with Gasteiger partial charge in [-0.05, 0) is 48.6 Å². The Labute approximate surface area is 160 Å². The maximum absolute atomic E-state index is 13.9. The molecule has 1 atom stereocenters. The van der Waals surface area contributed by atoms with Gasteiger partial charge >= 0.3 is 0 Å². The van der Waals surface area contributed by atoms with Crippen LogP contribution >= 0.6 is 0 Å². The second-order valence-corrected chi connectivity index (χ2v) is 7.08. The predicted molar refractivity (Wildman–Crippen MR) is 104 cm³/mol. The molecular weight excluding hydrogens is 357 g/mol. The largest absolute Gasteiger partial charge is 0.505 e. The average molecular weight is 375 g/mol. The molecule has 2 aromatic heterocycles. The Hall–Kier alpha value is -3.48. The third kappa shape index (κ3) is 2.58. The summed E-state index contributed by atoms with van der Waals surface area (Å²) in [6.45, 7) is 0. The smallest absolute Gasteiger partial charge is 0.165 e. The Kier molecular flexibility index (Phi) is 3.75. The van der Waals surface area contributed by atoms with Crippen molar-refractivity contribution in [2.45, 2.75) is 25.3 Å². The van der Waals surface area contributed by atoms with Gasteiger partial charge in [0.2, 0.25) is 0 Å². The standard InChI is InChI=1S/C21H18FN5O/c22-16-10-14(6-8-17(16)28)19-18-20(23)24-11-25-21(18)27(26-19)15-7-5-12-3-1-2-4-13(12)9-15/h1-4,6,8,10-11,15,28H,5,7,9H2,(H2,23,24,25). The SMILES string of the molecule is Nc1ncnc2c1c(-c1ccc(O)c(F)c1)nn2C1CCc2ccccc2C1. The van der Waals surface area contributed by atoms with Crippen LogP contribution < -0.4 is 5.73 Å². The van der Waals surface area contributed by atoms with Crippen LogP contribution in [0.25, 0.3) is 22.3 Å². The zero-order valence-corrected chi connectivity index (χ0v) is 15.0. The van der Waals surface area contributed by atoms with E-state index in [4.69, 9.17) is 10.8 Å². The fourth-order valence-electron chi connectivity index (χ4n) is 3.99. The molecule has 0 saturated heterocycles. The summed E-state index contributed by atoms with van der Waals surface area (Å²) in [5.41, 5.74) is 10.5. The molecule has 2 heterocycles. The van der Waals surface area contributed by atoms with Gasteiger partial charge in [-0.25, -0.2) is 19.0 Å². The van der Waals surface area contributed by atoms with Crippen LogP contribution in [-0.2, 0) is 12.8 Å². The van der Waals surface area contributed by atoms with Crippen molar-refractivity contribution in [3.8, 4) is 17.0 Å². The van der Waals surface area contributed by atoms with Crippen molar-refractivity contribution in [2.75, 3.05) is 5.73 Å². The Morgan fingerprint density at radius 2 is 1.93 bits per heavy atom. The molecule has 4 aromatic rings. The first-order chi connectivity index (χ1) is 13.6. The van der Waals surface area contributed by atoms with E-state index < -0.39 is 11.6 Å². The van der Waals surface area contributed by atoms with E-state index in [0.717, 1.165) is 19.3 Å². The van der Waals surface area contributed by atoms with Gasteiger partial charge in [0.25, 0.3) is 0 Å². The van der Waals surface area contributed by atoms with E-state index in [9.17, 15) is 9.50 Å². The molecule has 5 rings (SSSR count). The number of phenolic OH excluding ortho intramolecular Hbond substituents is 1. The molecule has 140 valence electrons. The van der Waals surface area contributed by atoms with E-state index in [1.54, 1.807) is 6.07 Å². The van der Waals surface area contributed by atoms with Gasteiger partial charge < -0.3 is 10.8 Å². The molecule has 28 heavy (non-hydrogen) atoms. The van der Waals surface area contributed by atoms with E-state index in [1.165, 1.54) is 29.6 Å². The molecule has 1 aliphatic rings. The summed E-state index contributed by atoms with van der Waals surface area (Å²) in [4.78, 5) is 8.52. The minimum Gasteiger partial charge on any atom is -0.505 e. The molecule has 1 unspecified atom stereocenters. The highest BCUT2D eigenvalue weighted by atomic mass is 19.1. The van der Waals surface area contributed by atoms with Crippen LogP contribution in [0.5, 0.6) is 5.75 Å². The normalized spacial score (nSPS) is 16.2. The maximum Gasteiger partial charge on any atom is 0.165 e. The van der Waals surface area contributed by atoms with Crippen LogP contribution in [0.4, 0.5) is 10.2 Å². The number of nitrogens with zero attached hydrogens (tertiary/aromatic N) is 4. The highest BCUT2D eigenvalue weighted by Gasteiger charge is 2.26. The Morgan fingerprint density at radius 3 is 2.75 bits per heavy atom. The van der Waals surface area contributed by atoms with Gasteiger partial charge in [0, 0.05) is 5.56 Å². The molecule has 6 nitrogen and oxygen atoms in total. The van der Waals surface area contributed by atoms with E-state index in [0.29, 0.717) is 28.1 Å². The lowest BCUT2D eigenvalue weighted by Crippen LogP contribution is -2.20. The summed E-state index contributed by atoms with van der Waals surface area (Å²) < 4.78 is 15.8. The summed E-state index contributed by atoms with van der Waals surface area (Å²) in [5.74, 6) is -0.807. The number of nitrogen functional groups attached to an aromatic ring is 1. The first-order valence-corrected chi connectivity index (χ1v) is 9.16. The number of rotatable bonds is 2. The van der Waals surface area contributed by atoms with Gasteiger partial charge in [0.1, 0.15) is 17.8 Å². The molecule has 0 spiro atoms. The van der Waals surface area contributed by atoms with E-state index in [-0.39, 0.29) is 6.04 Å². The summed E-state index contributed by atoms with van der Waals surface area (Å²) in [6, 6.07) is 12.7. The third-order valence-electron chi connectivity index (χ3n) is 5.41. The molecule has 0 radical (unpaired) electrons. The zero-order chi connectivity index (χ0) is 19.3. The van der Waals surface area contributed by atoms with Crippen molar-refractivity contribution in [2.24, 2.45) is 0 Å². The van der Waals surface area contributed by atoms with Gasteiger partial charge in [-0.1, -0.05) is 24.3 Å². The Bertz CT molecular complexity index is 1200. The number of aryl methyl sites for hydroxylation is 1. The first kappa shape index (κ1) is 16.7. The van der Waals surface area contributed by atoms with Crippen molar-refractivity contribution in [3.05, 3.63) is 65.7 Å². The lowest BCUT2D eigenvalue weighted by Gasteiger charge is -2.25. The minimum absolute atomic E-state index is 0.127. The highest BCUT2D eigenvalue weighted by molar-refractivity contribution is 5.98. The number of phenols is 1. The topological polar surface area (TPSA) is 89.8 Å². The summed E-state index contributed by atoms with van der Waals surface area (Å²) in [6.07, 6.45) is 4.17. The summed E-state index contributed by atoms with van der Waals surface area (Å²) in [7, 11) is 0. The molecule has 1 aliphatic carbocycles. The molecule has 2 aromatic carbocycles. The number of aromatic hydroxyl groups is 1. The Balaban J connectivity index is 1.67. The monoisotopic (exact) mass is 375 g/mol. The van der Waals surface area contributed by atoms with Crippen molar-refractivity contribution >= 4 is 16.9 Å². The number of nitrogens with two attached hydrogens (primary N) is 1. The molecule has 7 heteroatoms. The number of halogens is 1. The quantitative estimate of drug-likeness (QED) is 0.558. The maximum atomic E-state index is 13.9. The van der Waals surface area contributed by atoms with Crippen molar-refractivity contribution in [3.63, 3.8) is 0 Å². The van der Waals surface area contributed by atoms with Crippen LogP contribution in [0.3, 0.4) is 0 Å². The molecule has 0 fully saturated rings. The highest BCUT2D eigenvalue weighted by Crippen LogP contribution is 2.36. The lowest BCUT2D eigenvalue weighted by molar-refractivity contribution is 0.415. The lowest BCUT2D eigenvalue weighted by atomic mass is 9.88. The minimum atomic E-state index is -0.706. The molecule has 0 saturated carbocycles. The zero-order valence-electron chi connectivity index (χ0n) is 15.0. The van der Waals surface area contributed by atoms with Crippen LogP contribution in [0.15, 0.2) is 48.8 Å². The average Bonchev–Trinajstić information content (AvgIpc) is 3.11. The number of fused-ring (bicyclic) bond motifs is 2. The van der Waals surface area contributed by atoms with E-state index in [2.05, 4.69) is 28.2 Å². The number of benzene rings is 2. The van der Waals surface area contributed by atoms with Crippen LogP contribution in [0, 0.1) is 5.82 Å². The molecule has 0 amide bonds.